The van der Waals surface area contributed by atoms with Gasteiger partial charge < -0.3 is 5.32 Å². The van der Waals surface area contributed by atoms with Crippen molar-refractivity contribution in [2.24, 2.45) is 0 Å². The fraction of sp³-hybridized carbons (Fsp3) is 0.0909. The van der Waals surface area contributed by atoms with Crippen LogP contribution in [0.2, 0.25) is 10.0 Å². The first kappa shape index (κ1) is 18.5. The van der Waals surface area contributed by atoms with Crippen LogP contribution in [0.15, 0.2) is 60.8 Å². The second kappa shape index (κ2) is 7.30. The Morgan fingerprint density at radius 1 is 1.00 bits per heavy atom. The number of nitrogens with one attached hydrogen (secondary N) is 1. The number of aromatic nitrogens is 2. The molecular weight excluding hydrogens is 393 g/mol. The highest BCUT2D eigenvalue weighted by atomic mass is 35.5. The summed E-state index contributed by atoms with van der Waals surface area (Å²) in [4.78, 5) is 17.7. The van der Waals surface area contributed by atoms with Crippen molar-refractivity contribution in [3.63, 3.8) is 0 Å². The third-order valence-electron chi connectivity index (χ3n) is 4.58. The third kappa shape index (κ3) is 3.37. The van der Waals surface area contributed by atoms with Gasteiger partial charge >= 0.3 is 0 Å². The van der Waals surface area contributed by atoms with Crippen molar-refractivity contribution in [3.8, 4) is 11.3 Å². The number of hydrogen-bond donors (Lipinski definition) is 1. The van der Waals surface area contributed by atoms with Crippen LogP contribution in [0.25, 0.3) is 16.9 Å². The van der Waals surface area contributed by atoms with Crippen LogP contribution in [-0.4, -0.2) is 15.3 Å². The molecule has 2 aromatic carbocycles. The molecule has 0 aliphatic heterocycles. The summed E-state index contributed by atoms with van der Waals surface area (Å²) in [6.07, 6.45) is 1.95. The van der Waals surface area contributed by atoms with E-state index in [9.17, 15) is 4.79 Å². The number of rotatable bonds is 3. The van der Waals surface area contributed by atoms with Crippen molar-refractivity contribution >= 4 is 40.6 Å². The minimum atomic E-state index is -0.281. The Kier molecular flexibility index (Phi) is 4.84. The first-order valence-electron chi connectivity index (χ1n) is 8.75. The number of anilines is 1. The Morgan fingerprint density at radius 3 is 2.54 bits per heavy atom. The van der Waals surface area contributed by atoms with Gasteiger partial charge in [0.1, 0.15) is 17.2 Å². The lowest BCUT2D eigenvalue weighted by Crippen LogP contribution is -2.14. The Labute approximate surface area is 172 Å². The molecule has 1 N–H and O–H groups in total. The van der Waals surface area contributed by atoms with Crippen molar-refractivity contribution in [3.05, 3.63) is 87.5 Å². The first-order valence-corrected chi connectivity index (χ1v) is 9.51. The van der Waals surface area contributed by atoms with Crippen molar-refractivity contribution < 1.29 is 4.79 Å². The van der Waals surface area contributed by atoms with Crippen LogP contribution >= 0.6 is 23.2 Å². The molecule has 2 heterocycles. The number of carbonyl (C=O) groups is 1. The highest BCUT2D eigenvalue weighted by Crippen LogP contribution is 2.32. The van der Waals surface area contributed by atoms with Gasteiger partial charge in [-0.2, -0.15) is 0 Å². The van der Waals surface area contributed by atoms with Crippen LogP contribution in [0.1, 0.15) is 21.5 Å². The topological polar surface area (TPSA) is 46.4 Å². The third-order valence-corrected chi connectivity index (χ3v) is 5.32. The molecule has 0 fully saturated rings. The molecule has 0 saturated carbocycles. The zero-order valence-corrected chi connectivity index (χ0v) is 16.8. The number of benzene rings is 2. The predicted molar refractivity (Wildman–Crippen MR) is 115 cm³/mol. The average molecular weight is 410 g/mol. The van der Waals surface area contributed by atoms with Crippen LogP contribution in [0, 0.1) is 13.8 Å². The molecule has 0 bridgehead atoms. The Hall–Kier alpha value is -2.82. The summed E-state index contributed by atoms with van der Waals surface area (Å²) in [5, 5.41) is 3.75. The van der Waals surface area contributed by atoms with Crippen molar-refractivity contribution in [2.45, 2.75) is 13.8 Å². The van der Waals surface area contributed by atoms with Crippen LogP contribution in [0.5, 0.6) is 0 Å². The second-order valence-corrected chi connectivity index (χ2v) is 7.46. The number of amides is 1. The van der Waals surface area contributed by atoms with E-state index in [1.165, 1.54) is 0 Å². The lowest BCUT2D eigenvalue weighted by atomic mass is 10.1. The maximum absolute atomic E-state index is 12.9. The smallest absolute Gasteiger partial charge is 0.256 e. The van der Waals surface area contributed by atoms with Crippen LogP contribution in [0.4, 0.5) is 5.82 Å². The summed E-state index contributed by atoms with van der Waals surface area (Å²) in [5.41, 5.74) is 5.00. The van der Waals surface area contributed by atoms with E-state index in [0.717, 1.165) is 28.0 Å². The molecule has 0 unspecified atom stereocenters. The molecule has 140 valence electrons. The van der Waals surface area contributed by atoms with Crippen molar-refractivity contribution in [1.29, 1.82) is 0 Å². The van der Waals surface area contributed by atoms with E-state index < -0.39 is 0 Å². The highest BCUT2D eigenvalue weighted by molar-refractivity contribution is 6.42. The van der Waals surface area contributed by atoms with Gasteiger partial charge in [0.25, 0.3) is 5.91 Å². The first-order chi connectivity index (χ1) is 13.4. The normalized spacial score (nSPS) is 11.0. The number of imidazole rings is 1. The summed E-state index contributed by atoms with van der Waals surface area (Å²) in [7, 11) is 0. The SMILES string of the molecule is Cc1ccc2nc(-c3ccccc3C)c(NC(=O)c3ccc(Cl)c(Cl)c3)n2c1. The molecular formula is C22H17Cl2N3O. The number of fused-ring (bicyclic) bond motifs is 1. The zero-order chi connectivity index (χ0) is 19.8. The number of halogens is 2. The molecule has 4 rings (SSSR count). The fourth-order valence-electron chi connectivity index (χ4n) is 3.11. The monoisotopic (exact) mass is 409 g/mol. The Bertz CT molecular complexity index is 1210. The summed E-state index contributed by atoms with van der Waals surface area (Å²) >= 11 is 12.0. The molecule has 0 saturated heterocycles. The summed E-state index contributed by atoms with van der Waals surface area (Å²) in [6, 6.07) is 16.7. The quantitative estimate of drug-likeness (QED) is 0.439. The Balaban J connectivity index is 1.85. The number of aryl methyl sites for hydroxylation is 2. The maximum atomic E-state index is 12.9. The molecule has 0 aliphatic rings. The van der Waals surface area contributed by atoms with E-state index in [1.807, 2.05) is 60.8 Å². The van der Waals surface area contributed by atoms with Gasteiger partial charge in [0.15, 0.2) is 0 Å². The number of hydrogen-bond acceptors (Lipinski definition) is 2. The van der Waals surface area contributed by atoms with E-state index in [1.54, 1.807) is 18.2 Å². The zero-order valence-electron chi connectivity index (χ0n) is 15.3. The van der Waals surface area contributed by atoms with E-state index in [4.69, 9.17) is 28.2 Å². The lowest BCUT2D eigenvalue weighted by Gasteiger charge is -2.10. The second-order valence-electron chi connectivity index (χ2n) is 6.64. The van der Waals surface area contributed by atoms with E-state index in [0.29, 0.717) is 21.4 Å². The number of nitrogens with zero attached hydrogens (tertiary/aromatic N) is 2. The van der Waals surface area contributed by atoms with Gasteiger partial charge in [0, 0.05) is 17.3 Å². The molecule has 6 heteroatoms. The van der Waals surface area contributed by atoms with Crippen LogP contribution < -0.4 is 5.32 Å². The highest BCUT2D eigenvalue weighted by Gasteiger charge is 2.19. The minimum absolute atomic E-state index is 0.281. The molecule has 0 atom stereocenters. The van der Waals surface area contributed by atoms with Gasteiger partial charge in [-0.25, -0.2) is 4.98 Å². The predicted octanol–water partition coefficient (Wildman–Crippen LogP) is 6.18. The number of carbonyl (C=O) groups excluding carboxylic acids is 1. The van der Waals surface area contributed by atoms with Gasteiger partial charge in [0.05, 0.1) is 10.0 Å². The van der Waals surface area contributed by atoms with Crippen molar-refractivity contribution in [2.75, 3.05) is 5.32 Å². The molecule has 0 aliphatic carbocycles. The molecule has 0 spiro atoms. The number of pyridine rings is 1. The summed E-state index contributed by atoms with van der Waals surface area (Å²) < 4.78 is 1.90. The Morgan fingerprint density at radius 2 is 1.79 bits per heavy atom. The van der Waals surface area contributed by atoms with E-state index in [2.05, 4.69) is 5.32 Å². The minimum Gasteiger partial charge on any atom is -0.306 e. The lowest BCUT2D eigenvalue weighted by molar-refractivity contribution is 0.102. The fourth-order valence-corrected chi connectivity index (χ4v) is 3.41. The molecule has 4 nitrogen and oxygen atoms in total. The standard InChI is InChI=1S/C22H17Cl2N3O/c1-13-7-10-19-25-20(16-6-4-3-5-14(16)2)21(27(19)12-13)26-22(28)15-8-9-17(23)18(24)11-15/h3-12H,1-2H3,(H,26,28). The molecule has 28 heavy (non-hydrogen) atoms. The average Bonchev–Trinajstić information content (AvgIpc) is 3.02. The summed E-state index contributed by atoms with van der Waals surface area (Å²) in [6.45, 7) is 4.02. The largest absolute Gasteiger partial charge is 0.306 e. The van der Waals surface area contributed by atoms with Gasteiger partial charge in [-0.3, -0.25) is 9.20 Å². The van der Waals surface area contributed by atoms with Crippen molar-refractivity contribution in [1.82, 2.24) is 9.38 Å². The van der Waals surface area contributed by atoms with Gasteiger partial charge in [-0.05, 0) is 49.2 Å². The molecule has 4 aromatic rings. The van der Waals surface area contributed by atoms with Gasteiger partial charge in [-0.15, -0.1) is 0 Å². The maximum Gasteiger partial charge on any atom is 0.256 e. The van der Waals surface area contributed by atoms with E-state index in [-0.39, 0.29) is 5.91 Å². The molecule has 1 amide bonds. The molecule has 0 radical (unpaired) electrons. The van der Waals surface area contributed by atoms with Crippen LogP contribution in [0.3, 0.4) is 0 Å². The van der Waals surface area contributed by atoms with Crippen LogP contribution in [-0.2, 0) is 0 Å². The van der Waals surface area contributed by atoms with Gasteiger partial charge in [0.2, 0.25) is 0 Å². The summed E-state index contributed by atoms with van der Waals surface area (Å²) in [5.74, 6) is 0.334. The van der Waals surface area contributed by atoms with Gasteiger partial charge in [-0.1, -0.05) is 53.5 Å². The molecule has 2 aromatic heterocycles. The van der Waals surface area contributed by atoms with E-state index >= 15 is 0 Å².